The van der Waals surface area contributed by atoms with Gasteiger partial charge in [-0.1, -0.05) is 99.3 Å². The Bertz CT molecular complexity index is 901. The van der Waals surface area contributed by atoms with Crippen LogP contribution in [0, 0.1) is 17.8 Å². The highest BCUT2D eigenvalue weighted by atomic mass is 16.5. The highest BCUT2D eigenvalue weighted by Gasteiger charge is 2.49. The van der Waals surface area contributed by atoms with Crippen molar-refractivity contribution in [2.24, 2.45) is 29.2 Å². The highest BCUT2D eigenvalue weighted by molar-refractivity contribution is 6.25. The minimum absolute atomic E-state index is 0.00614. The molecule has 3 saturated carbocycles. The quantitative estimate of drug-likeness (QED) is 0.159. The molecule has 0 aromatic rings. The molecule has 4 fully saturated rings. The average molecular weight is 701 g/mol. The van der Waals surface area contributed by atoms with Gasteiger partial charge in [0.25, 0.3) is 0 Å². The number of Topliss-reactive ketones (excluding diaryl/α,β-unsaturated/α-hetero) is 2. The van der Waals surface area contributed by atoms with Gasteiger partial charge in [0.2, 0.25) is 18.1 Å². The summed E-state index contributed by atoms with van der Waals surface area (Å²) in [6, 6.07) is -0.748. The van der Waals surface area contributed by atoms with Gasteiger partial charge in [-0.05, 0) is 56.8 Å². The maximum atomic E-state index is 13.7. The molecule has 0 aromatic carbocycles. The van der Waals surface area contributed by atoms with Crippen molar-refractivity contribution in [2.45, 2.75) is 156 Å². The Morgan fingerprint density at radius 3 is 1.71 bits per heavy atom. The minimum Gasteiger partial charge on any atom is -0.468 e. The second kappa shape index (κ2) is 31.3. The number of aliphatic hydroxyl groups is 1. The van der Waals surface area contributed by atoms with Gasteiger partial charge in [-0.2, -0.15) is 0 Å². The Kier molecular flexibility index (Phi) is 32.4. The molecule has 12 nitrogen and oxygen atoms in total. The number of nitrogens with zero attached hydrogens (tertiary/aromatic N) is 1. The van der Waals surface area contributed by atoms with Crippen molar-refractivity contribution in [3.63, 3.8) is 0 Å². The number of hydrogen-bond acceptors (Lipinski definition) is 10. The lowest BCUT2D eigenvalue weighted by Crippen LogP contribution is -2.62. The summed E-state index contributed by atoms with van der Waals surface area (Å²) in [6.07, 6.45) is 15.8. The minimum atomic E-state index is -0.760. The standard InChI is InChI=1S/C22H36N2O4.C5H10.C3H5NO2.C3H8.C2H6.CH3NO.CH4O/c1-15-11-14-24(19(15)16(2)25)20(26)18(17-9-5-4-6-10-17)23-22(21(27)28-3)12-7-8-13-22;1-5-3-2-4-5;4-1-3(6)2-5;1-3-2;1-2;2-1-3;1-2/h15,17-19,23H,4-14H2,1-3H3;5H,2-4H2,1H3;2H,1,4H2;3H2,1-2H3;1-2H3;1H,(H2,2,3);2H,1H3/t15-,18?,19?;;;;;;/m0....../s1. The number of aldehydes is 1. The molecule has 0 bridgehead atoms. The summed E-state index contributed by atoms with van der Waals surface area (Å²) < 4.78 is 5.13. The van der Waals surface area contributed by atoms with E-state index in [2.05, 4.69) is 38.7 Å². The van der Waals surface area contributed by atoms with E-state index >= 15 is 0 Å². The molecular weight excluding hydrogens is 628 g/mol. The van der Waals surface area contributed by atoms with Crippen LogP contribution in [0.2, 0.25) is 0 Å². The SMILES string of the molecule is CC.CC1CCC1.CCC.CO.COC(=O)C1(NC(C(=O)N2CC[C@H](C)C2C(C)=O)C2CCCCC2)CCCC1.NC=O.NCC(=O)C=O. The van der Waals surface area contributed by atoms with E-state index in [0.717, 1.165) is 58.0 Å². The van der Waals surface area contributed by atoms with E-state index in [1.54, 1.807) is 11.8 Å². The summed E-state index contributed by atoms with van der Waals surface area (Å²) in [6.45, 7) is 14.6. The maximum absolute atomic E-state index is 13.7. The van der Waals surface area contributed by atoms with E-state index in [9.17, 15) is 24.0 Å². The Morgan fingerprint density at radius 1 is 0.918 bits per heavy atom. The first-order valence-electron chi connectivity index (χ1n) is 18.4. The number of aliphatic hydroxyl groups excluding tert-OH is 1. The zero-order valence-electron chi connectivity index (χ0n) is 32.3. The molecule has 3 aliphatic carbocycles. The molecule has 2 unspecified atom stereocenters. The van der Waals surface area contributed by atoms with Gasteiger partial charge in [0.05, 0.1) is 25.7 Å². The number of likely N-dealkylation sites (tertiary alicyclic amines) is 1. The summed E-state index contributed by atoms with van der Waals surface area (Å²) in [5, 5.41) is 10.5. The lowest BCUT2D eigenvalue weighted by molar-refractivity contribution is -0.151. The topological polar surface area (TPSA) is 199 Å². The summed E-state index contributed by atoms with van der Waals surface area (Å²) in [7, 11) is 2.43. The van der Waals surface area contributed by atoms with Crippen LogP contribution in [0.5, 0.6) is 0 Å². The number of hydrogen-bond donors (Lipinski definition) is 4. The summed E-state index contributed by atoms with van der Waals surface area (Å²) in [5.41, 5.74) is 8.11. The number of methoxy groups -OCH3 is 1. The van der Waals surface area contributed by atoms with Gasteiger partial charge < -0.3 is 26.2 Å². The van der Waals surface area contributed by atoms with Gasteiger partial charge in [-0.15, -0.1) is 0 Å². The Balaban J connectivity index is -0.000000822. The van der Waals surface area contributed by atoms with E-state index in [1.807, 2.05) is 13.8 Å². The Hall–Kier alpha value is -2.70. The second-order valence-corrected chi connectivity index (χ2v) is 12.8. The van der Waals surface area contributed by atoms with Crippen molar-refractivity contribution in [3.05, 3.63) is 0 Å². The molecule has 1 saturated heterocycles. The predicted octanol–water partition coefficient (Wildman–Crippen LogP) is 4.51. The van der Waals surface area contributed by atoms with Crippen LogP contribution >= 0.6 is 0 Å². The number of amides is 2. The largest absolute Gasteiger partial charge is 0.468 e. The molecule has 6 N–H and O–H groups in total. The third kappa shape index (κ3) is 19.3. The molecule has 1 aliphatic heterocycles. The van der Waals surface area contributed by atoms with Crippen LogP contribution in [0.3, 0.4) is 0 Å². The highest BCUT2D eigenvalue weighted by Crippen LogP contribution is 2.36. The molecule has 288 valence electrons. The normalized spacial score (nSPS) is 20.9. The first kappa shape index (κ1) is 50.7. The molecule has 0 radical (unpaired) electrons. The van der Waals surface area contributed by atoms with E-state index in [0.29, 0.717) is 19.4 Å². The number of nitrogens with one attached hydrogen (secondary N) is 1. The van der Waals surface area contributed by atoms with Crippen molar-refractivity contribution in [2.75, 3.05) is 27.3 Å². The molecular formula is C37H72N4O8. The lowest BCUT2D eigenvalue weighted by Gasteiger charge is -2.39. The van der Waals surface area contributed by atoms with Gasteiger partial charge in [0, 0.05) is 13.7 Å². The van der Waals surface area contributed by atoms with Gasteiger partial charge in [-0.25, -0.2) is 0 Å². The molecule has 4 aliphatic rings. The van der Waals surface area contributed by atoms with Crippen molar-refractivity contribution in [1.29, 1.82) is 0 Å². The Labute approximate surface area is 297 Å². The van der Waals surface area contributed by atoms with Gasteiger partial charge in [0.15, 0.2) is 12.1 Å². The zero-order chi connectivity index (χ0) is 38.4. The summed E-state index contributed by atoms with van der Waals surface area (Å²) >= 11 is 0. The summed E-state index contributed by atoms with van der Waals surface area (Å²) in [5.74, 6) is 0.721. The van der Waals surface area contributed by atoms with Crippen molar-refractivity contribution >= 4 is 36.1 Å². The van der Waals surface area contributed by atoms with Crippen LogP contribution in [0.4, 0.5) is 0 Å². The fourth-order valence-corrected chi connectivity index (χ4v) is 6.38. The number of ketones is 2. The number of ether oxygens (including phenoxy) is 1. The van der Waals surface area contributed by atoms with E-state index < -0.39 is 17.4 Å². The maximum Gasteiger partial charge on any atom is 0.326 e. The Morgan fingerprint density at radius 2 is 1.39 bits per heavy atom. The summed E-state index contributed by atoms with van der Waals surface area (Å²) in [4.78, 5) is 68.0. The monoisotopic (exact) mass is 701 g/mol. The number of nitrogens with two attached hydrogens (primary N) is 2. The van der Waals surface area contributed by atoms with Crippen LogP contribution in [0.25, 0.3) is 0 Å². The lowest BCUT2D eigenvalue weighted by atomic mass is 9.81. The third-order valence-corrected chi connectivity index (χ3v) is 8.98. The fraction of sp³-hybridized carbons (Fsp3) is 0.838. The van der Waals surface area contributed by atoms with Crippen molar-refractivity contribution in [1.82, 2.24) is 10.2 Å². The first-order valence-corrected chi connectivity index (χ1v) is 18.4. The van der Waals surface area contributed by atoms with Crippen LogP contribution in [-0.4, -0.2) is 91.1 Å². The third-order valence-electron chi connectivity index (χ3n) is 8.98. The van der Waals surface area contributed by atoms with Gasteiger partial charge >= 0.3 is 5.97 Å². The second-order valence-electron chi connectivity index (χ2n) is 12.8. The van der Waals surface area contributed by atoms with Crippen LogP contribution in [0.15, 0.2) is 0 Å². The molecule has 1 heterocycles. The van der Waals surface area contributed by atoms with Crippen molar-refractivity contribution in [3.8, 4) is 0 Å². The molecule has 12 heteroatoms. The van der Waals surface area contributed by atoms with E-state index in [4.69, 9.17) is 20.4 Å². The fourth-order valence-electron chi connectivity index (χ4n) is 6.38. The van der Waals surface area contributed by atoms with Crippen molar-refractivity contribution < 1.29 is 38.6 Å². The number of esters is 1. The number of primary amides is 1. The molecule has 0 spiro atoms. The molecule has 3 atom stereocenters. The number of carbonyl (C=O) groups excluding carboxylic acids is 6. The molecule has 0 aromatic heterocycles. The first-order chi connectivity index (χ1) is 23.4. The van der Waals surface area contributed by atoms with Gasteiger partial charge in [0.1, 0.15) is 5.54 Å². The van der Waals surface area contributed by atoms with E-state index in [-0.39, 0.29) is 54.8 Å². The number of rotatable bonds is 8. The predicted molar refractivity (Wildman–Crippen MR) is 196 cm³/mol. The van der Waals surface area contributed by atoms with E-state index in [1.165, 1.54) is 39.2 Å². The van der Waals surface area contributed by atoms with Crippen LogP contribution in [-0.2, 0) is 33.5 Å². The smallest absolute Gasteiger partial charge is 0.326 e. The van der Waals surface area contributed by atoms with Crippen LogP contribution < -0.4 is 16.8 Å². The number of carbonyl (C=O) groups is 6. The van der Waals surface area contributed by atoms with Gasteiger partial charge in [-0.3, -0.25) is 34.1 Å². The molecule has 4 rings (SSSR count). The van der Waals surface area contributed by atoms with Crippen LogP contribution in [0.1, 0.15) is 138 Å². The zero-order valence-corrected chi connectivity index (χ0v) is 32.3. The average Bonchev–Trinajstić information content (AvgIpc) is 3.76. The molecule has 2 amide bonds. The molecule has 49 heavy (non-hydrogen) atoms.